The summed E-state index contributed by atoms with van der Waals surface area (Å²) in [5.74, 6) is -1.57. The summed E-state index contributed by atoms with van der Waals surface area (Å²) in [6, 6.07) is 8.74. The summed E-state index contributed by atoms with van der Waals surface area (Å²) in [6.45, 7) is 0. The van der Waals surface area contributed by atoms with Gasteiger partial charge in [0.15, 0.2) is 0 Å². The number of hydrogen-bond donors (Lipinski definition) is 3. The van der Waals surface area contributed by atoms with Crippen molar-refractivity contribution in [2.24, 2.45) is 5.73 Å². The third-order valence-electron chi connectivity index (χ3n) is 2.61. The first-order valence-corrected chi connectivity index (χ1v) is 6.29. The number of carbonyl (C=O) groups excluding carboxylic acids is 1. The lowest BCUT2D eigenvalue weighted by Crippen LogP contribution is -2.20. The number of halogens is 2. The average molecular weight is 307 g/mol. The van der Waals surface area contributed by atoms with Gasteiger partial charge in [0, 0.05) is 17.3 Å². The van der Waals surface area contributed by atoms with Gasteiger partial charge < -0.3 is 16.4 Å². The fraction of sp³-hybridized carbons (Fsp3) is 0. The van der Waals surface area contributed by atoms with Crippen LogP contribution >= 0.6 is 12.2 Å². The molecule has 0 unspecified atom stereocenters. The fourth-order valence-electron chi connectivity index (χ4n) is 1.59. The zero-order valence-corrected chi connectivity index (χ0v) is 11.5. The topological polar surface area (TPSA) is 67.1 Å². The molecule has 2 rings (SSSR count). The first-order valence-electron chi connectivity index (χ1n) is 5.88. The first-order chi connectivity index (χ1) is 9.95. The second-order valence-electron chi connectivity index (χ2n) is 4.14. The van der Waals surface area contributed by atoms with Gasteiger partial charge in [-0.05, 0) is 36.4 Å². The van der Waals surface area contributed by atoms with Gasteiger partial charge in [-0.15, -0.1) is 0 Å². The summed E-state index contributed by atoms with van der Waals surface area (Å²) >= 11 is 4.81. The standard InChI is InChI=1S/C14H11F2N3OS/c15-9-3-6-12(11(16)7-9)19-14(20)18-10-4-1-8(2-5-10)13(17)21/h1-7H,(H2,17,21)(H2,18,19,20). The van der Waals surface area contributed by atoms with Crippen LogP contribution in [-0.2, 0) is 0 Å². The number of nitrogens with one attached hydrogen (secondary N) is 2. The van der Waals surface area contributed by atoms with Gasteiger partial charge in [-0.25, -0.2) is 13.6 Å². The molecule has 0 fully saturated rings. The zero-order chi connectivity index (χ0) is 15.4. The molecule has 2 amide bonds. The molecule has 4 nitrogen and oxygen atoms in total. The van der Waals surface area contributed by atoms with E-state index < -0.39 is 17.7 Å². The molecule has 0 radical (unpaired) electrons. The molecule has 0 aromatic heterocycles. The van der Waals surface area contributed by atoms with E-state index in [9.17, 15) is 13.6 Å². The third-order valence-corrected chi connectivity index (χ3v) is 2.84. The molecule has 0 heterocycles. The molecule has 2 aromatic carbocycles. The normalized spacial score (nSPS) is 10.0. The van der Waals surface area contributed by atoms with Gasteiger partial charge in [-0.2, -0.15) is 0 Å². The molecule has 0 aliphatic heterocycles. The average Bonchev–Trinajstić information content (AvgIpc) is 2.42. The Hall–Kier alpha value is -2.54. The van der Waals surface area contributed by atoms with Gasteiger partial charge in [0.2, 0.25) is 0 Å². The van der Waals surface area contributed by atoms with Crippen molar-refractivity contribution in [3.63, 3.8) is 0 Å². The number of amides is 2. The van der Waals surface area contributed by atoms with Crippen molar-refractivity contribution in [2.45, 2.75) is 0 Å². The summed E-state index contributed by atoms with van der Waals surface area (Å²) in [6.07, 6.45) is 0. The van der Waals surface area contributed by atoms with Gasteiger partial charge in [-0.1, -0.05) is 12.2 Å². The number of nitrogens with two attached hydrogens (primary N) is 1. The summed E-state index contributed by atoms with van der Waals surface area (Å²) in [7, 11) is 0. The summed E-state index contributed by atoms with van der Waals surface area (Å²) in [5.41, 5.74) is 6.49. The molecule has 0 bridgehead atoms. The number of benzene rings is 2. The Bertz CT molecular complexity index is 689. The molecule has 0 spiro atoms. The summed E-state index contributed by atoms with van der Waals surface area (Å²) in [5, 5.41) is 4.78. The highest BCUT2D eigenvalue weighted by Gasteiger charge is 2.08. The summed E-state index contributed by atoms with van der Waals surface area (Å²) < 4.78 is 26.1. The molecule has 2 aromatic rings. The Morgan fingerprint density at radius 2 is 1.71 bits per heavy atom. The summed E-state index contributed by atoms with van der Waals surface area (Å²) in [4.78, 5) is 12.0. The van der Waals surface area contributed by atoms with E-state index in [4.69, 9.17) is 18.0 Å². The number of thiocarbonyl (C=S) groups is 1. The zero-order valence-electron chi connectivity index (χ0n) is 10.7. The minimum absolute atomic E-state index is 0.117. The highest BCUT2D eigenvalue weighted by Crippen LogP contribution is 2.16. The van der Waals surface area contributed by atoms with E-state index in [-0.39, 0.29) is 10.7 Å². The van der Waals surface area contributed by atoms with Crippen LogP contribution in [0.1, 0.15) is 5.56 Å². The number of anilines is 2. The van der Waals surface area contributed by atoms with Crippen molar-refractivity contribution < 1.29 is 13.6 Å². The van der Waals surface area contributed by atoms with E-state index in [2.05, 4.69) is 10.6 Å². The van der Waals surface area contributed by atoms with Crippen molar-refractivity contribution in [1.82, 2.24) is 0 Å². The monoisotopic (exact) mass is 307 g/mol. The smallest absolute Gasteiger partial charge is 0.323 e. The lowest BCUT2D eigenvalue weighted by Gasteiger charge is -2.09. The van der Waals surface area contributed by atoms with Crippen LogP contribution in [-0.4, -0.2) is 11.0 Å². The molecule has 0 aliphatic carbocycles. The second-order valence-corrected chi connectivity index (χ2v) is 4.58. The fourth-order valence-corrected chi connectivity index (χ4v) is 1.73. The maximum atomic E-state index is 13.4. The lowest BCUT2D eigenvalue weighted by atomic mass is 10.2. The van der Waals surface area contributed by atoms with Crippen LogP contribution in [0.5, 0.6) is 0 Å². The van der Waals surface area contributed by atoms with Crippen LogP contribution in [0.3, 0.4) is 0 Å². The number of carbonyl (C=O) groups is 1. The highest BCUT2D eigenvalue weighted by atomic mass is 32.1. The maximum absolute atomic E-state index is 13.4. The van der Waals surface area contributed by atoms with Crippen LogP contribution in [0.25, 0.3) is 0 Å². The molecule has 21 heavy (non-hydrogen) atoms. The molecule has 0 atom stereocenters. The number of rotatable bonds is 3. The van der Waals surface area contributed by atoms with Crippen LogP contribution < -0.4 is 16.4 Å². The number of urea groups is 1. The van der Waals surface area contributed by atoms with Crippen molar-refractivity contribution in [2.75, 3.05) is 10.6 Å². The Kier molecular flexibility index (Phi) is 4.44. The van der Waals surface area contributed by atoms with Gasteiger partial charge in [-0.3, -0.25) is 0 Å². The van der Waals surface area contributed by atoms with Gasteiger partial charge in [0.25, 0.3) is 0 Å². The quantitative estimate of drug-likeness (QED) is 0.763. The Labute approximate surface area is 125 Å². The second kappa shape index (κ2) is 6.27. The molecule has 108 valence electrons. The van der Waals surface area contributed by atoms with Gasteiger partial charge >= 0.3 is 6.03 Å². The molecule has 0 saturated heterocycles. The predicted molar refractivity (Wildman–Crippen MR) is 81.3 cm³/mol. The predicted octanol–water partition coefficient (Wildman–Crippen LogP) is 3.24. The largest absolute Gasteiger partial charge is 0.389 e. The van der Waals surface area contributed by atoms with Crippen LogP contribution in [0, 0.1) is 11.6 Å². The minimum Gasteiger partial charge on any atom is -0.389 e. The van der Waals surface area contributed by atoms with Crippen molar-refractivity contribution in [1.29, 1.82) is 0 Å². The molecular weight excluding hydrogens is 296 g/mol. The van der Waals surface area contributed by atoms with Crippen molar-refractivity contribution in [3.05, 3.63) is 59.7 Å². The molecule has 7 heteroatoms. The van der Waals surface area contributed by atoms with Crippen LogP contribution in [0.4, 0.5) is 25.0 Å². The van der Waals surface area contributed by atoms with E-state index in [0.717, 1.165) is 12.1 Å². The number of hydrogen-bond acceptors (Lipinski definition) is 2. The van der Waals surface area contributed by atoms with E-state index in [0.29, 0.717) is 17.3 Å². The molecule has 0 aliphatic rings. The van der Waals surface area contributed by atoms with E-state index in [1.54, 1.807) is 24.3 Å². The Balaban J connectivity index is 2.02. The minimum atomic E-state index is -0.853. The van der Waals surface area contributed by atoms with E-state index in [1.165, 1.54) is 0 Å². The van der Waals surface area contributed by atoms with Gasteiger partial charge in [0.05, 0.1) is 5.69 Å². The van der Waals surface area contributed by atoms with Crippen molar-refractivity contribution >= 4 is 34.6 Å². The Morgan fingerprint density at radius 1 is 1.05 bits per heavy atom. The molecular formula is C14H11F2N3OS. The van der Waals surface area contributed by atoms with E-state index >= 15 is 0 Å². The first kappa shape index (κ1) is 14.9. The maximum Gasteiger partial charge on any atom is 0.323 e. The SMILES string of the molecule is NC(=S)c1ccc(NC(=O)Nc2ccc(F)cc2F)cc1. The molecule has 4 N–H and O–H groups in total. The molecule has 0 saturated carbocycles. The lowest BCUT2D eigenvalue weighted by molar-refractivity contribution is 0.262. The van der Waals surface area contributed by atoms with Crippen LogP contribution in [0.15, 0.2) is 42.5 Å². The van der Waals surface area contributed by atoms with Crippen LogP contribution in [0.2, 0.25) is 0 Å². The third kappa shape index (κ3) is 3.96. The highest BCUT2D eigenvalue weighted by molar-refractivity contribution is 7.80. The van der Waals surface area contributed by atoms with Crippen molar-refractivity contribution in [3.8, 4) is 0 Å². The van der Waals surface area contributed by atoms with Gasteiger partial charge in [0.1, 0.15) is 16.6 Å². The Morgan fingerprint density at radius 3 is 2.29 bits per heavy atom. The van der Waals surface area contributed by atoms with E-state index in [1.807, 2.05) is 0 Å².